The average molecular weight is 655 g/mol. The Morgan fingerprint density at radius 2 is 1.60 bits per heavy atom. The Kier molecular flexibility index (Phi) is 13.3. The van der Waals surface area contributed by atoms with Gasteiger partial charge in [-0.15, -0.1) is 0 Å². The molecule has 5 amide bonds. The number of primary amides is 1. The van der Waals surface area contributed by atoms with Crippen molar-refractivity contribution in [3.63, 3.8) is 0 Å². The topological polar surface area (TPSA) is 200 Å². The van der Waals surface area contributed by atoms with E-state index in [1.807, 2.05) is 30.3 Å². The number of hydrogen-bond acceptors (Lipinski definition) is 8. The van der Waals surface area contributed by atoms with Crippen molar-refractivity contribution in [1.29, 1.82) is 0 Å². The number of Topliss-reactive ketones (excluding diaryl/α,β-unsaturated/α-hetero) is 1. The Hall–Kier alpha value is -3.84. The van der Waals surface area contributed by atoms with Crippen LogP contribution in [-0.4, -0.2) is 94.7 Å². The summed E-state index contributed by atoms with van der Waals surface area (Å²) >= 11 is 0. The summed E-state index contributed by atoms with van der Waals surface area (Å²) in [5, 5.41) is 21.7. The largest absolute Gasteiger partial charge is 0.391 e. The van der Waals surface area contributed by atoms with Crippen molar-refractivity contribution >= 4 is 35.3 Å². The van der Waals surface area contributed by atoms with Crippen molar-refractivity contribution < 1.29 is 33.9 Å². The van der Waals surface area contributed by atoms with Crippen LogP contribution in [0.25, 0.3) is 0 Å². The van der Waals surface area contributed by atoms with Crippen LogP contribution < -0.4 is 27.0 Å². The first-order valence-electron chi connectivity index (χ1n) is 17.0. The molecule has 1 aromatic carbocycles. The average Bonchev–Trinajstić information content (AvgIpc) is 3.78. The molecule has 47 heavy (non-hydrogen) atoms. The second kappa shape index (κ2) is 17.4. The van der Waals surface area contributed by atoms with Gasteiger partial charge in [-0.3, -0.25) is 28.8 Å². The molecule has 2 saturated heterocycles. The Morgan fingerprint density at radius 1 is 0.894 bits per heavy atom. The maximum Gasteiger partial charge on any atom is 0.245 e. The highest BCUT2D eigenvalue weighted by molar-refractivity contribution is 5.97. The van der Waals surface area contributed by atoms with Crippen LogP contribution in [0.1, 0.15) is 83.1 Å². The molecule has 13 nitrogen and oxygen atoms in total. The van der Waals surface area contributed by atoms with E-state index in [1.54, 1.807) is 0 Å². The number of hydrogen-bond donors (Lipinski definition) is 6. The van der Waals surface area contributed by atoms with Crippen LogP contribution in [0, 0.1) is 5.92 Å². The molecule has 2 heterocycles. The summed E-state index contributed by atoms with van der Waals surface area (Å²) in [6, 6.07) is 4.60. The van der Waals surface area contributed by atoms with Gasteiger partial charge in [-0.05, 0) is 70.4 Å². The molecule has 13 heteroatoms. The lowest BCUT2D eigenvalue weighted by molar-refractivity contribution is -0.141. The van der Waals surface area contributed by atoms with E-state index in [4.69, 9.17) is 5.73 Å². The van der Waals surface area contributed by atoms with E-state index in [9.17, 15) is 33.9 Å². The van der Waals surface area contributed by atoms with E-state index in [0.717, 1.165) is 50.6 Å². The van der Waals surface area contributed by atoms with E-state index in [1.165, 1.54) is 11.8 Å². The zero-order valence-corrected chi connectivity index (χ0v) is 27.2. The van der Waals surface area contributed by atoms with E-state index in [-0.39, 0.29) is 42.9 Å². The Balaban J connectivity index is 1.46. The zero-order chi connectivity index (χ0) is 33.9. The third kappa shape index (κ3) is 10.1. The molecule has 1 saturated carbocycles. The summed E-state index contributed by atoms with van der Waals surface area (Å²) in [4.78, 5) is 80.6. The maximum atomic E-state index is 13.7. The first-order chi connectivity index (χ1) is 22.5. The lowest BCUT2D eigenvalue weighted by atomic mass is 9.82. The minimum Gasteiger partial charge on any atom is -0.391 e. The molecule has 3 fully saturated rings. The molecule has 6 atom stereocenters. The molecule has 0 radical (unpaired) electrons. The number of carbonyl (C=O) groups excluding carboxylic acids is 6. The minimum absolute atomic E-state index is 0.0699. The van der Waals surface area contributed by atoms with Gasteiger partial charge in [0, 0.05) is 18.9 Å². The normalized spacial score (nSPS) is 22.5. The van der Waals surface area contributed by atoms with Gasteiger partial charge in [0.15, 0.2) is 5.78 Å². The Morgan fingerprint density at radius 3 is 2.23 bits per heavy atom. The second-order valence-corrected chi connectivity index (χ2v) is 13.1. The fraction of sp³-hybridized carbons (Fsp3) is 0.647. The van der Waals surface area contributed by atoms with E-state index < -0.39 is 53.9 Å². The number of nitrogens with one attached hydrogen (secondary N) is 4. The highest BCUT2D eigenvalue weighted by Gasteiger charge is 2.40. The lowest BCUT2D eigenvalue weighted by Gasteiger charge is -2.30. The molecule has 0 bridgehead atoms. The highest BCUT2D eigenvalue weighted by atomic mass is 16.3. The number of benzene rings is 1. The summed E-state index contributed by atoms with van der Waals surface area (Å²) in [6.45, 7) is 2.49. The van der Waals surface area contributed by atoms with Gasteiger partial charge in [0.1, 0.15) is 18.1 Å². The van der Waals surface area contributed by atoms with Crippen LogP contribution >= 0.6 is 0 Å². The van der Waals surface area contributed by atoms with Gasteiger partial charge >= 0.3 is 0 Å². The number of nitrogens with zero attached hydrogens (tertiary/aromatic N) is 1. The van der Waals surface area contributed by atoms with Crippen molar-refractivity contribution in [2.75, 3.05) is 13.1 Å². The van der Waals surface area contributed by atoms with Gasteiger partial charge in [-0.2, -0.15) is 0 Å². The van der Waals surface area contributed by atoms with Crippen molar-refractivity contribution in [3.8, 4) is 0 Å². The third-order valence-electron chi connectivity index (χ3n) is 9.52. The standard InChI is InChI=1S/C34H50N6O7/c1-21(41)29(39-32(45)27-15-9-19-40(27)34(47)25-14-8-18-36-25)33(46)37-24(16-17-28(35)42)31(44)38-26(20-22-10-4-2-5-11-22)30(43)23-12-6-3-7-13-23/h2,4-5,10-11,21,23-27,29,36,41H,3,6-9,12-20H2,1H3,(H2,35,42)(H,37,46)(H,38,44)(H,39,45)/t21-,24+,25+,26+,27+,29+/m1/s1. The summed E-state index contributed by atoms with van der Waals surface area (Å²) in [5.74, 6) is -3.18. The molecule has 1 aliphatic carbocycles. The SMILES string of the molecule is C[C@@H](O)[C@H](NC(=O)[C@@H]1CCCN1C(=O)[C@@H]1CCCN1)C(=O)N[C@@H](CCC(N)=O)C(=O)N[C@@H](Cc1ccccc1)C(=O)C1CCCCC1. The number of ketones is 1. The number of aliphatic hydroxyl groups is 1. The Bertz CT molecular complexity index is 1260. The quantitative estimate of drug-likeness (QED) is 0.154. The number of nitrogens with two attached hydrogens (primary N) is 1. The second-order valence-electron chi connectivity index (χ2n) is 13.1. The van der Waals surface area contributed by atoms with Gasteiger partial charge < -0.3 is 37.0 Å². The van der Waals surface area contributed by atoms with Crippen molar-refractivity contribution in [3.05, 3.63) is 35.9 Å². The first kappa shape index (κ1) is 36.0. The molecule has 258 valence electrons. The third-order valence-corrected chi connectivity index (χ3v) is 9.52. The van der Waals surface area contributed by atoms with Crippen molar-refractivity contribution in [1.82, 2.24) is 26.2 Å². The zero-order valence-electron chi connectivity index (χ0n) is 27.2. The molecule has 1 aromatic rings. The number of aliphatic hydroxyl groups excluding tert-OH is 1. The smallest absolute Gasteiger partial charge is 0.245 e. The van der Waals surface area contributed by atoms with Gasteiger partial charge in [-0.25, -0.2) is 0 Å². The van der Waals surface area contributed by atoms with Crippen LogP contribution in [0.2, 0.25) is 0 Å². The highest BCUT2D eigenvalue weighted by Crippen LogP contribution is 2.26. The predicted octanol–water partition coefficient (Wildman–Crippen LogP) is 0.222. The van der Waals surface area contributed by atoms with Crippen molar-refractivity contribution in [2.24, 2.45) is 11.7 Å². The predicted molar refractivity (Wildman–Crippen MR) is 173 cm³/mol. The number of amides is 5. The van der Waals surface area contributed by atoms with E-state index in [0.29, 0.717) is 25.8 Å². The van der Waals surface area contributed by atoms with E-state index >= 15 is 0 Å². The maximum absolute atomic E-state index is 13.7. The lowest BCUT2D eigenvalue weighted by Crippen LogP contribution is -2.60. The van der Waals surface area contributed by atoms with Crippen molar-refractivity contribution in [2.45, 2.75) is 120 Å². The van der Waals surface area contributed by atoms with Crippen LogP contribution in [0.3, 0.4) is 0 Å². The van der Waals surface area contributed by atoms with Crippen LogP contribution in [0.4, 0.5) is 0 Å². The monoisotopic (exact) mass is 654 g/mol. The summed E-state index contributed by atoms with van der Waals surface area (Å²) in [7, 11) is 0. The van der Waals surface area contributed by atoms with E-state index in [2.05, 4.69) is 21.3 Å². The molecular formula is C34H50N6O7. The fourth-order valence-corrected chi connectivity index (χ4v) is 6.89. The minimum atomic E-state index is -1.45. The molecule has 0 spiro atoms. The van der Waals surface area contributed by atoms with Gasteiger partial charge in [-0.1, -0.05) is 49.6 Å². The van der Waals surface area contributed by atoms with Gasteiger partial charge in [0.05, 0.1) is 18.2 Å². The van der Waals surface area contributed by atoms with Crippen LogP contribution in [0.15, 0.2) is 30.3 Å². The molecule has 2 aliphatic heterocycles. The van der Waals surface area contributed by atoms with Gasteiger partial charge in [0.2, 0.25) is 29.5 Å². The van der Waals surface area contributed by atoms with Gasteiger partial charge in [0.25, 0.3) is 0 Å². The number of rotatable bonds is 15. The molecule has 4 rings (SSSR count). The summed E-state index contributed by atoms with van der Waals surface area (Å²) in [5.41, 5.74) is 6.24. The molecule has 0 unspecified atom stereocenters. The molecule has 3 aliphatic rings. The number of carbonyl (C=O) groups is 6. The Labute approximate surface area is 276 Å². The first-order valence-corrected chi connectivity index (χ1v) is 17.0. The molecule has 7 N–H and O–H groups in total. The van der Waals surface area contributed by atoms with Crippen LogP contribution in [0.5, 0.6) is 0 Å². The number of likely N-dealkylation sites (tertiary alicyclic amines) is 1. The van der Waals surface area contributed by atoms with Crippen LogP contribution in [-0.2, 0) is 35.2 Å². The summed E-state index contributed by atoms with van der Waals surface area (Å²) < 4.78 is 0. The molecular weight excluding hydrogens is 604 g/mol. The fourth-order valence-electron chi connectivity index (χ4n) is 6.89. The summed E-state index contributed by atoms with van der Waals surface area (Å²) in [6.07, 6.45) is 5.59. The molecule has 0 aromatic heterocycles.